The highest BCUT2D eigenvalue weighted by Crippen LogP contribution is 2.43. The van der Waals surface area contributed by atoms with Crippen molar-refractivity contribution in [2.45, 2.75) is 64.1 Å². The number of aryl methyl sites for hydroxylation is 1. The van der Waals surface area contributed by atoms with Gasteiger partial charge in [0.15, 0.2) is 11.1 Å². The zero-order chi connectivity index (χ0) is 20.4. The van der Waals surface area contributed by atoms with Crippen molar-refractivity contribution in [2.75, 3.05) is 40.1 Å². The van der Waals surface area contributed by atoms with Crippen molar-refractivity contribution >= 4 is 17.7 Å². The monoisotopic (exact) mass is 410 g/mol. The van der Waals surface area contributed by atoms with Gasteiger partial charge in [-0.3, -0.25) is 4.99 Å². The number of thioether (sulfide) groups is 1. The number of hydrogen-bond acceptors (Lipinski definition) is 5. The van der Waals surface area contributed by atoms with Gasteiger partial charge in [0.1, 0.15) is 5.82 Å². The molecular weight excluding hydrogens is 372 g/mol. The van der Waals surface area contributed by atoms with E-state index in [0.29, 0.717) is 11.3 Å². The summed E-state index contributed by atoms with van der Waals surface area (Å²) in [6.45, 7) is 8.10. The molecule has 0 atom stereocenters. The van der Waals surface area contributed by atoms with Gasteiger partial charge in [0.05, 0.1) is 0 Å². The zero-order valence-electron chi connectivity index (χ0n) is 18.3. The van der Waals surface area contributed by atoms with E-state index in [4.69, 9.17) is 4.74 Å². The summed E-state index contributed by atoms with van der Waals surface area (Å²) in [7, 11) is 3.62. The van der Waals surface area contributed by atoms with Crippen LogP contribution in [-0.2, 0) is 17.7 Å². The minimum Gasteiger partial charge on any atom is -0.385 e. The van der Waals surface area contributed by atoms with Gasteiger partial charge < -0.3 is 19.9 Å². The van der Waals surface area contributed by atoms with E-state index in [-0.39, 0.29) is 0 Å². The number of methoxy groups -OCH3 is 1. The fraction of sp³-hybridized carbons (Fsp3) is 0.850. The van der Waals surface area contributed by atoms with Crippen LogP contribution >= 0.6 is 11.8 Å². The molecule has 8 heteroatoms. The molecule has 1 saturated carbocycles. The lowest BCUT2D eigenvalue weighted by Gasteiger charge is -2.42. The Balaban J connectivity index is 1.75. The van der Waals surface area contributed by atoms with Crippen LogP contribution in [0.3, 0.4) is 0 Å². The summed E-state index contributed by atoms with van der Waals surface area (Å²) in [5, 5.41) is 16.7. The molecule has 0 unspecified atom stereocenters. The summed E-state index contributed by atoms with van der Waals surface area (Å²) in [5.74, 6) is 2.55. The molecule has 2 rings (SSSR count). The first-order chi connectivity index (χ1) is 13.5. The number of aliphatic imine (C=N–C) groups is 1. The number of nitrogens with zero attached hydrogens (tertiary/aromatic N) is 4. The lowest BCUT2D eigenvalue weighted by molar-refractivity contribution is 0.0732. The lowest BCUT2D eigenvalue weighted by atomic mass is 9.67. The fourth-order valence-corrected chi connectivity index (χ4v) is 4.18. The van der Waals surface area contributed by atoms with Gasteiger partial charge in [-0.25, -0.2) is 0 Å². The van der Waals surface area contributed by atoms with Gasteiger partial charge >= 0.3 is 0 Å². The Kier molecular flexibility index (Phi) is 9.58. The van der Waals surface area contributed by atoms with Crippen molar-refractivity contribution in [1.29, 1.82) is 0 Å². The minimum absolute atomic E-state index is 0.384. The molecule has 0 saturated heterocycles. The average molecular weight is 411 g/mol. The summed E-state index contributed by atoms with van der Waals surface area (Å²) >= 11 is 1.66. The highest BCUT2D eigenvalue weighted by Gasteiger charge is 2.36. The van der Waals surface area contributed by atoms with Gasteiger partial charge in [-0.15, -0.1) is 10.2 Å². The van der Waals surface area contributed by atoms with Crippen molar-refractivity contribution in [3.05, 3.63) is 5.82 Å². The van der Waals surface area contributed by atoms with Crippen LogP contribution in [0.25, 0.3) is 0 Å². The quantitative estimate of drug-likeness (QED) is 0.239. The van der Waals surface area contributed by atoms with E-state index in [1.54, 1.807) is 18.9 Å². The Bertz CT molecular complexity index is 612. The van der Waals surface area contributed by atoms with Crippen LogP contribution in [0, 0.1) is 11.3 Å². The normalized spacial score (nSPS) is 16.3. The standard InChI is InChI=1S/C20H38N6OS/c1-16(2)14-26-17(24-25-19(26)28-5)8-6-12-22-18(21-3)23-15-20(9-7-10-20)11-13-27-4/h16H,6-15H2,1-5H3,(H2,21,22,23). The molecule has 1 aliphatic carbocycles. The first-order valence-electron chi connectivity index (χ1n) is 10.4. The van der Waals surface area contributed by atoms with Gasteiger partial charge in [-0.1, -0.05) is 32.0 Å². The molecule has 0 spiro atoms. The molecule has 2 N–H and O–H groups in total. The maximum absolute atomic E-state index is 5.28. The van der Waals surface area contributed by atoms with E-state index < -0.39 is 0 Å². The molecule has 0 amide bonds. The van der Waals surface area contributed by atoms with E-state index >= 15 is 0 Å². The highest BCUT2D eigenvalue weighted by molar-refractivity contribution is 7.98. The van der Waals surface area contributed by atoms with E-state index in [9.17, 15) is 0 Å². The van der Waals surface area contributed by atoms with E-state index in [2.05, 4.69) is 50.5 Å². The largest absolute Gasteiger partial charge is 0.385 e. The van der Waals surface area contributed by atoms with Gasteiger partial charge in [0.25, 0.3) is 0 Å². The summed E-state index contributed by atoms with van der Waals surface area (Å²) in [5.41, 5.74) is 0.384. The molecule has 0 aromatic carbocycles. The van der Waals surface area contributed by atoms with Crippen molar-refractivity contribution in [1.82, 2.24) is 25.4 Å². The van der Waals surface area contributed by atoms with Crippen LogP contribution in [0.5, 0.6) is 0 Å². The molecule has 1 heterocycles. The molecule has 28 heavy (non-hydrogen) atoms. The average Bonchev–Trinajstić information content (AvgIpc) is 3.03. The molecule has 160 valence electrons. The second-order valence-electron chi connectivity index (χ2n) is 8.16. The minimum atomic E-state index is 0.384. The summed E-state index contributed by atoms with van der Waals surface area (Å²) in [6, 6.07) is 0. The first kappa shape index (κ1) is 23.0. The molecule has 1 aromatic heterocycles. The molecule has 1 fully saturated rings. The predicted molar refractivity (Wildman–Crippen MR) is 117 cm³/mol. The second-order valence-corrected chi connectivity index (χ2v) is 8.93. The summed E-state index contributed by atoms with van der Waals surface area (Å²) in [6.07, 6.45) is 8.99. The number of nitrogens with one attached hydrogen (secondary N) is 2. The molecular formula is C20H38N6OS. The highest BCUT2D eigenvalue weighted by atomic mass is 32.2. The van der Waals surface area contributed by atoms with E-state index in [1.165, 1.54) is 19.3 Å². The van der Waals surface area contributed by atoms with Crippen molar-refractivity contribution in [3.8, 4) is 0 Å². The van der Waals surface area contributed by atoms with Gasteiger partial charge in [-0.2, -0.15) is 0 Å². The van der Waals surface area contributed by atoms with E-state index in [1.807, 2.05) is 7.05 Å². The smallest absolute Gasteiger partial charge is 0.190 e. The fourth-order valence-electron chi connectivity index (χ4n) is 3.66. The third-order valence-corrected chi connectivity index (χ3v) is 6.17. The van der Waals surface area contributed by atoms with Crippen molar-refractivity contribution < 1.29 is 4.74 Å². The van der Waals surface area contributed by atoms with Gasteiger partial charge in [0.2, 0.25) is 0 Å². The SMILES string of the molecule is CN=C(NCCCc1nnc(SC)n1CC(C)C)NCC1(CCOC)CCC1. The zero-order valence-corrected chi connectivity index (χ0v) is 19.1. The van der Waals surface area contributed by atoms with Crippen molar-refractivity contribution in [3.63, 3.8) is 0 Å². The number of ether oxygens (including phenoxy) is 1. The third-order valence-electron chi connectivity index (χ3n) is 5.50. The predicted octanol–water partition coefficient (Wildman–Crippen LogP) is 2.96. The third kappa shape index (κ3) is 6.65. The van der Waals surface area contributed by atoms with Crippen LogP contribution in [0.4, 0.5) is 0 Å². The maximum atomic E-state index is 5.28. The second kappa shape index (κ2) is 11.7. The van der Waals surface area contributed by atoms with Gasteiger partial charge in [0, 0.05) is 46.8 Å². The number of rotatable bonds is 12. The Morgan fingerprint density at radius 1 is 1.32 bits per heavy atom. The lowest BCUT2D eigenvalue weighted by Crippen LogP contribution is -2.47. The number of aromatic nitrogens is 3. The Morgan fingerprint density at radius 3 is 2.68 bits per heavy atom. The number of guanidine groups is 1. The molecule has 1 aliphatic rings. The molecule has 0 radical (unpaired) electrons. The topological polar surface area (TPSA) is 76.4 Å². The molecule has 7 nitrogen and oxygen atoms in total. The molecule has 0 aliphatic heterocycles. The summed E-state index contributed by atoms with van der Waals surface area (Å²) in [4.78, 5) is 4.38. The number of hydrogen-bond donors (Lipinski definition) is 2. The summed E-state index contributed by atoms with van der Waals surface area (Å²) < 4.78 is 7.55. The Morgan fingerprint density at radius 2 is 2.11 bits per heavy atom. The van der Waals surface area contributed by atoms with Gasteiger partial charge in [-0.05, 0) is 43.3 Å². The Labute approximate surface area is 174 Å². The van der Waals surface area contributed by atoms with Crippen LogP contribution in [0.2, 0.25) is 0 Å². The molecule has 0 bridgehead atoms. The van der Waals surface area contributed by atoms with Crippen LogP contribution in [-0.4, -0.2) is 60.8 Å². The maximum Gasteiger partial charge on any atom is 0.190 e. The van der Waals surface area contributed by atoms with Crippen molar-refractivity contribution in [2.24, 2.45) is 16.3 Å². The van der Waals surface area contributed by atoms with Crippen LogP contribution < -0.4 is 10.6 Å². The van der Waals surface area contributed by atoms with Crippen LogP contribution in [0.1, 0.15) is 51.8 Å². The Hall–Kier alpha value is -1.28. The first-order valence-corrected chi connectivity index (χ1v) is 11.7. The van der Waals surface area contributed by atoms with Crippen LogP contribution in [0.15, 0.2) is 10.1 Å². The molecule has 1 aromatic rings. The van der Waals surface area contributed by atoms with E-state index in [0.717, 1.165) is 62.4 Å².